The number of rotatable bonds is 6. The molecule has 4 fully saturated rings. The molecule has 1 amide bonds. The van der Waals surface area contributed by atoms with E-state index in [1.54, 1.807) is 13.8 Å². The SMILES string of the molecule is Cc1noc(C)c1S(=O)(=O)NCCNC(=O)C12CC3CC(CC(C3)C1)C2. The van der Waals surface area contributed by atoms with Crippen molar-refractivity contribution in [2.75, 3.05) is 13.1 Å². The van der Waals surface area contributed by atoms with Crippen LogP contribution in [0.15, 0.2) is 9.42 Å². The number of nitrogens with zero attached hydrogens (tertiary/aromatic N) is 1. The van der Waals surface area contributed by atoms with Gasteiger partial charge in [-0.3, -0.25) is 4.79 Å². The van der Waals surface area contributed by atoms with Gasteiger partial charge in [-0.05, 0) is 70.1 Å². The monoisotopic (exact) mass is 381 g/mol. The van der Waals surface area contributed by atoms with E-state index in [1.807, 2.05) is 0 Å². The first kappa shape index (κ1) is 18.0. The lowest BCUT2D eigenvalue weighted by Crippen LogP contribution is -2.54. The molecule has 4 saturated carbocycles. The highest BCUT2D eigenvalue weighted by atomic mass is 32.2. The molecule has 7 nitrogen and oxygen atoms in total. The maximum absolute atomic E-state index is 12.8. The van der Waals surface area contributed by atoms with Crippen molar-refractivity contribution in [1.82, 2.24) is 15.2 Å². The van der Waals surface area contributed by atoms with Crippen LogP contribution < -0.4 is 10.0 Å². The zero-order valence-electron chi connectivity index (χ0n) is 15.4. The molecule has 1 heterocycles. The summed E-state index contributed by atoms with van der Waals surface area (Å²) >= 11 is 0. The van der Waals surface area contributed by atoms with E-state index in [0.717, 1.165) is 19.3 Å². The molecule has 0 radical (unpaired) electrons. The summed E-state index contributed by atoms with van der Waals surface area (Å²) < 4.78 is 32.2. The van der Waals surface area contributed by atoms with Gasteiger partial charge in [-0.15, -0.1) is 0 Å². The van der Waals surface area contributed by atoms with Gasteiger partial charge in [-0.1, -0.05) is 5.16 Å². The normalized spacial score (nSPS) is 32.8. The third-order valence-corrected chi connectivity index (χ3v) is 8.16. The van der Waals surface area contributed by atoms with Crippen molar-refractivity contribution in [1.29, 1.82) is 0 Å². The summed E-state index contributed by atoms with van der Waals surface area (Å²) in [4.78, 5) is 12.9. The minimum atomic E-state index is -3.68. The Morgan fingerprint density at radius 2 is 1.69 bits per heavy atom. The molecule has 0 atom stereocenters. The molecule has 4 aliphatic carbocycles. The molecule has 0 aliphatic heterocycles. The van der Waals surface area contributed by atoms with Crippen LogP contribution in [0, 0.1) is 37.0 Å². The van der Waals surface area contributed by atoms with Crippen molar-refractivity contribution >= 4 is 15.9 Å². The first-order chi connectivity index (χ1) is 12.3. The zero-order valence-corrected chi connectivity index (χ0v) is 16.2. The lowest BCUT2D eigenvalue weighted by molar-refractivity contribution is -0.146. The van der Waals surface area contributed by atoms with Crippen molar-refractivity contribution < 1.29 is 17.7 Å². The van der Waals surface area contributed by atoms with E-state index in [9.17, 15) is 13.2 Å². The van der Waals surface area contributed by atoms with Gasteiger partial charge in [-0.2, -0.15) is 0 Å². The highest BCUT2D eigenvalue weighted by Gasteiger charge is 2.54. The highest BCUT2D eigenvalue weighted by Crippen LogP contribution is 2.60. The summed E-state index contributed by atoms with van der Waals surface area (Å²) in [6.07, 6.45) is 6.91. The van der Waals surface area contributed by atoms with E-state index in [1.165, 1.54) is 19.3 Å². The van der Waals surface area contributed by atoms with E-state index >= 15 is 0 Å². The molecule has 0 aromatic carbocycles. The molecule has 1 aromatic rings. The summed E-state index contributed by atoms with van der Waals surface area (Å²) in [5, 5.41) is 6.66. The van der Waals surface area contributed by atoms with Crippen LogP contribution in [0.1, 0.15) is 50.0 Å². The maximum atomic E-state index is 12.8. The lowest BCUT2D eigenvalue weighted by atomic mass is 9.49. The van der Waals surface area contributed by atoms with Crippen LogP contribution in [0.3, 0.4) is 0 Å². The van der Waals surface area contributed by atoms with Gasteiger partial charge in [0.05, 0.1) is 0 Å². The molecule has 0 unspecified atom stereocenters. The van der Waals surface area contributed by atoms with Crippen LogP contribution in [0.2, 0.25) is 0 Å². The summed E-state index contributed by atoms with van der Waals surface area (Å²) in [5.41, 5.74) is 0.141. The fourth-order valence-electron chi connectivity index (χ4n) is 5.87. The third kappa shape index (κ3) is 3.07. The van der Waals surface area contributed by atoms with Crippen molar-refractivity contribution in [2.45, 2.75) is 57.3 Å². The van der Waals surface area contributed by atoms with E-state index < -0.39 is 10.0 Å². The molecule has 0 saturated heterocycles. The molecule has 5 rings (SSSR count). The Labute approximate surface area is 154 Å². The number of sulfonamides is 1. The Bertz CT molecular complexity index is 760. The second-order valence-electron chi connectivity index (χ2n) is 8.50. The van der Waals surface area contributed by atoms with Crippen LogP contribution in [0.4, 0.5) is 0 Å². The van der Waals surface area contributed by atoms with E-state index in [0.29, 0.717) is 30.0 Å². The minimum Gasteiger partial charge on any atom is -0.360 e. The molecular weight excluding hydrogens is 354 g/mol. The van der Waals surface area contributed by atoms with Crippen LogP contribution in [0.25, 0.3) is 0 Å². The Balaban J connectivity index is 1.32. The van der Waals surface area contributed by atoms with Gasteiger partial charge in [0, 0.05) is 18.5 Å². The number of amides is 1. The summed E-state index contributed by atoms with van der Waals surface area (Å²) in [7, 11) is -3.68. The quantitative estimate of drug-likeness (QED) is 0.733. The van der Waals surface area contributed by atoms with E-state index in [2.05, 4.69) is 15.2 Å². The zero-order chi connectivity index (χ0) is 18.5. The summed E-state index contributed by atoms with van der Waals surface area (Å²) in [5.74, 6) is 2.53. The predicted molar refractivity (Wildman–Crippen MR) is 94.8 cm³/mol. The second-order valence-corrected chi connectivity index (χ2v) is 10.2. The Hall–Kier alpha value is -1.41. The predicted octanol–water partition coefficient (Wildman–Crippen LogP) is 1.90. The van der Waals surface area contributed by atoms with E-state index in [4.69, 9.17) is 4.52 Å². The average molecular weight is 381 g/mol. The van der Waals surface area contributed by atoms with Gasteiger partial charge in [0.1, 0.15) is 10.6 Å². The third-order valence-electron chi connectivity index (χ3n) is 6.46. The molecule has 2 N–H and O–H groups in total. The number of hydrogen-bond acceptors (Lipinski definition) is 5. The van der Waals surface area contributed by atoms with Gasteiger partial charge in [-0.25, -0.2) is 13.1 Å². The fourth-order valence-corrected chi connectivity index (χ4v) is 7.23. The van der Waals surface area contributed by atoms with Crippen molar-refractivity contribution in [3.63, 3.8) is 0 Å². The molecule has 4 aliphatic rings. The second kappa shape index (κ2) is 6.34. The molecular formula is C18H27N3O4S. The lowest BCUT2D eigenvalue weighted by Gasteiger charge is -2.55. The maximum Gasteiger partial charge on any atom is 0.246 e. The Morgan fingerprint density at radius 1 is 1.12 bits per heavy atom. The number of carbonyl (C=O) groups is 1. The van der Waals surface area contributed by atoms with Gasteiger partial charge in [0.2, 0.25) is 15.9 Å². The van der Waals surface area contributed by atoms with Crippen molar-refractivity contribution in [3.8, 4) is 0 Å². The van der Waals surface area contributed by atoms with Crippen molar-refractivity contribution in [2.24, 2.45) is 23.2 Å². The topological polar surface area (TPSA) is 101 Å². The van der Waals surface area contributed by atoms with Crippen molar-refractivity contribution in [3.05, 3.63) is 11.5 Å². The first-order valence-electron chi connectivity index (χ1n) is 9.50. The highest BCUT2D eigenvalue weighted by molar-refractivity contribution is 7.89. The first-order valence-corrected chi connectivity index (χ1v) is 11.0. The van der Waals surface area contributed by atoms with Gasteiger partial charge in [0.25, 0.3) is 0 Å². The molecule has 144 valence electrons. The van der Waals surface area contributed by atoms with Crippen LogP contribution >= 0.6 is 0 Å². The number of hydrogen-bond donors (Lipinski definition) is 2. The number of aryl methyl sites for hydroxylation is 2. The van der Waals surface area contributed by atoms with Gasteiger partial charge < -0.3 is 9.84 Å². The largest absolute Gasteiger partial charge is 0.360 e. The minimum absolute atomic E-state index is 0.0879. The van der Waals surface area contributed by atoms with Crippen LogP contribution in [-0.4, -0.2) is 32.6 Å². The van der Waals surface area contributed by atoms with Gasteiger partial charge in [0.15, 0.2) is 5.76 Å². The number of carbonyl (C=O) groups excluding carboxylic acids is 1. The summed E-state index contributed by atoms with van der Waals surface area (Å²) in [6.45, 7) is 3.62. The standard InChI is InChI=1S/C18H27N3O4S/c1-11-16(12(2)25-21-11)26(23,24)20-4-3-19-17(22)18-8-13-5-14(9-18)7-15(6-13)10-18/h13-15,20H,3-10H2,1-2H3,(H,19,22). The molecule has 1 aromatic heterocycles. The molecule has 8 heteroatoms. The molecule has 0 spiro atoms. The smallest absolute Gasteiger partial charge is 0.246 e. The fraction of sp³-hybridized carbons (Fsp3) is 0.778. The van der Waals surface area contributed by atoms with E-state index in [-0.39, 0.29) is 28.5 Å². The molecule has 26 heavy (non-hydrogen) atoms. The number of aromatic nitrogens is 1. The molecule has 4 bridgehead atoms. The Kier molecular flexibility index (Phi) is 4.38. The van der Waals surface area contributed by atoms with Crippen LogP contribution in [0.5, 0.6) is 0 Å². The number of nitrogens with one attached hydrogen (secondary N) is 2. The van der Waals surface area contributed by atoms with Crippen LogP contribution in [-0.2, 0) is 14.8 Å². The summed E-state index contributed by atoms with van der Waals surface area (Å²) in [6, 6.07) is 0. The van der Waals surface area contributed by atoms with Gasteiger partial charge >= 0.3 is 0 Å². The Morgan fingerprint density at radius 3 is 2.19 bits per heavy atom. The average Bonchev–Trinajstić information content (AvgIpc) is 2.89.